The molecular weight excluding hydrogens is 564 g/mol. The Kier molecular flexibility index (Phi) is 10.6. The molecule has 0 fully saturated rings. The number of hydrogen-bond acceptors (Lipinski definition) is 8. The summed E-state index contributed by atoms with van der Waals surface area (Å²) in [5, 5.41) is 0. The molecule has 43 heavy (non-hydrogen) atoms. The van der Waals surface area contributed by atoms with E-state index < -0.39 is 10.1 Å². The predicted molar refractivity (Wildman–Crippen MR) is 171 cm³/mol. The van der Waals surface area contributed by atoms with E-state index in [-0.39, 0.29) is 46.8 Å². The molecule has 0 saturated carbocycles. The first-order chi connectivity index (χ1) is 20.0. The highest BCUT2D eigenvalue weighted by atomic mass is 32.2. The number of methoxy groups -OCH3 is 1. The lowest BCUT2D eigenvalue weighted by atomic mass is 9.89. The van der Waals surface area contributed by atoms with Gasteiger partial charge in [0, 0.05) is 32.2 Å². The molecule has 0 atom stereocenters. The van der Waals surface area contributed by atoms with Crippen molar-refractivity contribution in [2.45, 2.75) is 77.5 Å². The highest BCUT2D eigenvalue weighted by Gasteiger charge is 2.30. The minimum absolute atomic E-state index is 0.0638. The Balaban J connectivity index is 2.11. The molecule has 3 aromatic rings. The number of ether oxygens (including phenoxy) is 1. The third-order valence-corrected chi connectivity index (χ3v) is 8.60. The summed E-state index contributed by atoms with van der Waals surface area (Å²) in [5.74, 6) is 0.308. The van der Waals surface area contributed by atoms with Crippen LogP contribution < -0.4 is 14.7 Å². The summed E-state index contributed by atoms with van der Waals surface area (Å²) in [4.78, 5) is 22.2. The fraction of sp³-hybridized carbons (Fsp3) is 0.424. The first kappa shape index (κ1) is 33.6. The van der Waals surface area contributed by atoms with E-state index in [2.05, 4.69) is 23.8 Å². The van der Waals surface area contributed by atoms with E-state index in [1.165, 1.54) is 11.0 Å². The highest BCUT2D eigenvalue weighted by molar-refractivity contribution is 7.87. The fourth-order valence-corrected chi connectivity index (χ4v) is 6.30. The van der Waals surface area contributed by atoms with E-state index in [9.17, 15) is 13.2 Å². The molecule has 1 amide bonds. The van der Waals surface area contributed by atoms with Crippen molar-refractivity contribution >= 4 is 28.0 Å². The molecule has 0 radical (unpaired) electrons. The molecule has 0 saturated heterocycles. The quantitative estimate of drug-likeness (QED) is 0.201. The van der Waals surface area contributed by atoms with Gasteiger partial charge in [0.25, 0.3) is 0 Å². The number of carbonyl (C=O) groups is 1. The van der Waals surface area contributed by atoms with E-state index in [0.29, 0.717) is 28.1 Å². The number of hydrogen-bond donors (Lipinski definition) is 1. The molecule has 0 aliphatic carbocycles. The molecule has 2 aromatic carbocycles. The number of nitrogens with two attached hydrogens (primary N) is 1. The molecule has 0 aliphatic rings. The van der Waals surface area contributed by atoms with Gasteiger partial charge in [0.05, 0.1) is 12.8 Å². The van der Waals surface area contributed by atoms with Gasteiger partial charge in [0.1, 0.15) is 10.6 Å². The lowest BCUT2D eigenvalue weighted by Crippen LogP contribution is -2.19. The topological polar surface area (TPSA) is 125 Å². The Bertz CT molecular complexity index is 1600. The summed E-state index contributed by atoms with van der Waals surface area (Å²) in [6.45, 7) is 13.8. The minimum Gasteiger partial charge on any atom is -0.496 e. The van der Waals surface area contributed by atoms with Gasteiger partial charge in [-0.25, -0.2) is 4.98 Å². The van der Waals surface area contributed by atoms with Crippen molar-refractivity contribution in [3.63, 3.8) is 0 Å². The summed E-state index contributed by atoms with van der Waals surface area (Å²) in [5.41, 5.74) is 10.9. The molecule has 232 valence electrons. The lowest BCUT2D eigenvalue weighted by molar-refractivity contribution is -0.123. The van der Waals surface area contributed by atoms with Gasteiger partial charge in [-0.1, -0.05) is 65.8 Å². The number of carbonyl (C=O) groups excluding carboxylic acids is 1. The summed E-state index contributed by atoms with van der Waals surface area (Å²) in [6, 6.07) is 9.43. The molecule has 1 heterocycles. The monoisotopic (exact) mass is 608 g/mol. The van der Waals surface area contributed by atoms with Gasteiger partial charge in [-0.05, 0) is 64.6 Å². The number of nitrogens with zero attached hydrogens (tertiary/aromatic N) is 3. The Morgan fingerprint density at radius 2 is 1.58 bits per heavy atom. The molecule has 3 rings (SSSR count). The van der Waals surface area contributed by atoms with Crippen molar-refractivity contribution < 1.29 is 22.1 Å². The average Bonchev–Trinajstić information content (AvgIpc) is 2.92. The van der Waals surface area contributed by atoms with Crippen molar-refractivity contribution in [2.75, 3.05) is 26.9 Å². The van der Waals surface area contributed by atoms with Crippen LogP contribution in [0, 0.1) is 6.92 Å². The maximum Gasteiger partial charge on any atom is 0.341 e. The second-order valence-corrected chi connectivity index (χ2v) is 13.3. The van der Waals surface area contributed by atoms with Gasteiger partial charge in [0.15, 0.2) is 0 Å². The fourth-order valence-electron chi connectivity index (χ4n) is 4.70. The normalized spacial score (nSPS) is 12.0. The zero-order valence-electron chi connectivity index (χ0n) is 26.8. The predicted octanol–water partition coefficient (Wildman–Crippen LogP) is 6.21. The van der Waals surface area contributed by atoms with Crippen molar-refractivity contribution in [1.29, 1.82) is 0 Å². The number of benzene rings is 2. The van der Waals surface area contributed by atoms with Crippen molar-refractivity contribution in [1.82, 2.24) is 14.9 Å². The number of anilines is 1. The second-order valence-electron chi connectivity index (χ2n) is 11.8. The smallest absolute Gasteiger partial charge is 0.341 e. The van der Waals surface area contributed by atoms with Crippen LogP contribution in [0.4, 0.5) is 5.95 Å². The molecule has 0 spiro atoms. The van der Waals surface area contributed by atoms with Crippen LogP contribution in [0.1, 0.15) is 98.4 Å². The van der Waals surface area contributed by atoms with E-state index in [1.54, 1.807) is 40.3 Å². The largest absolute Gasteiger partial charge is 0.496 e. The average molecular weight is 609 g/mol. The second kappa shape index (κ2) is 13.6. The third kappa shape index (κ3) is 7.93. The molecular formula is C33H44N4O5S. The van der Waals surface area contributed by atoms with Gasteiger partial charge < -0.3 is 19.6 Å². The van der Waals surface area contributed by atoms with E-state index in [0.717, 1.165) is 16.7 Å². The minimum atomic E-state index is -4.32. The van der Waals surface area contributed by atoms with Crippen molar-refractivity contribution in [3.8, 4) is 11.6 Å². The molecule has 10 heteroatoms. The number of likely N-dealkylation sites (N-methyl/N-ethyl adjacent to an activating group) is 1. The van der Waals surface area contributed by atoms with Crippen LogP contribution in [-0.2, 0) is 21.3 Å². The van der Waals surface area contributed by atoms with Gasteiger partial charge in [-0.3, -0.25) is 4.79 Å². The van der Waals surface area contributed by atoms with Gasteiger partial charge in [0.2, 0.25) is 17.7 Å². The van der Waals surface area contributed by atoms with Gasteiger partial charge in [-0.15, -0.1) is 0 Å². The molecule has 0 bridgehead atoms. The maximum atomic E-state index is 14.1. The first-order valence-electron chi connectivity index (χ1n) is 14.4. The zero-order valence-corrected chi connectivity index (χ0v) is 27.7. The molecule has 0 aliphatic heterocycles. The Morgan fingerprint density at radius 1 is 0.977 bits per heavy atom. The summed E-state index contributed by atoms with van der Waals surface area (Å²) in [6.07, 6.45) is 3.41. The molecule has 2 N–H and O–H groups in total. The highest BCUT2D eigenvalue weighted by Crippen LogP contribution is 2.37. The van der Waals surface area contributed by atoms with Crippen LogP contribution in [-0.4, -0.2) is 50.4 Å². The van der Waals surface area contributed by atoms with E-state index in [4.69, 9.17) is 14.7 Å². The number of rotatable bonds is 11. The van der Waals surface area contributed by atoms with Crippen LogP contribution in [0.15, 0.2) is 41.3 Å². The van der Waals surface area contributed by atoms with Crippen molar-refractivity contribution in [3.05, 3.63) is 75.5 Å². The van der Waals surface area contributed by atoms with E-state index in [1.807, 2.05) is 52.0 Å². The van der Waals surface area contributed by atoms with Crippen LogP contribution in [0.5, 0.6) is 11.6 Å². The van der Waals surface area contributed by atoms with E-state index >= 15 is 0 Å². The maximum absolute atomic E-state index is 14.1. The van der Waals surface area contributed by atoms with Crippen LogP contribution in [0.2, 0.25) is 0 Å². The summed E-state index contributed by atoms with van der Waals surface area (Å²) < 4.78 is 39.7. The Labute approximate surface area is 256 Å². The number of aromatic nitrogens is 2. The van der Waals surface area contributed by atoms with Crippen LogP contribution in [0.3, 0.4) is 0 Å². The summed E-state index contributed by atoms with van der Waals surface area (Å²) in [7, 11) is 0.590. The molecule has 1 aromatic heterocycles. The van der Waals surface area contributed by atoms with Gasteiger partial charge >= 0.3 is 10.1 Å². The SMILES string of the molecule is COc1cc(C=CC(=O)N(C)C)ccc1Cc1c(C)nc(N)nc1OS(=O)(=O)c1c(C(C)C)cc(C(C)C)cc1C(C)C. The van der Waals surface area contributed by atoms with Crippen molar-refractivity contribution in [2.24, 2.45) is 0 Å². The Morgan fingerprint density at radius 3 is 2.09 bits per heavy atom. The number of nitrogen functional groups attached to an aromatic ring is 1. The zero-order chi connectivity index (χ0) is 32.2. The number of aryl methyl sites for hydroxylation is 1. The molecule has 9 nitrogen and oxygen atoms in total. The summed E-state index contributed by atoms with van der Waals surface area (Å²) >= 11 is 0. The standard InChI is InChI=1S/C33H44N4O5S/c1-19(2)25-17-26(20(3)4)31(27(18-25)21(5)6)43(39,40)42-32-28(22(7)35-33(34)36-32)16-24-13-11-23(15-29(24)41-10)12-14-30(38)37(8)9/h11-15,17-21H,16H2,1-10H3,(H2,34,35,36). The van der Waals surface area contributed by atoms with Crippen LogP contribution in [0.25, 0.3) is 6.08 Å². The lowest BCUT2D eigenvalue weighted by Gasteiger charge is -2.23. The molecule has 0 unspecified atom stereocenters. The van der Waals surface area contributed by atoms with Gasteiger partial charge in [-0.2, -0.15) is 13.4 Å². The number of amides is 1. The first-order valence-corrected chi connectivity index (χ1v) is 15.8. The van der Waals surface area contributed by atoms with Crippen LogP contribution >= 0.6 is 0 Å². The Hall–Kier alpha value is -3.92. The third-order valence-electron chi connectivity index (χ3n) is 7.25.